The van der Waals surface area contributed by atoms with E-state index >= 15 is 0 Å². The number of Topliss-reactive ketones (excluding diaryl/α,β-unsaturated/α-hetero) is 1. The third kappa shape index (κ3) is 5.51. The lowest BCUT2D eigenvalue weighted by molar-refractivity contribution is -0.287. The number of carbonyl (C=O) groups is 1. The van der Waals surface area contributed by atoms with E-state index in [1.807, 2.05) is 0 Å². The van der Waals surface area contributed by atoms with E-state index in [4.69, 9.17) is 0 Å². The predicted molar refractivity (Wildman–Crippen MR) is 133 cm³/mol. The van der Waals surface area contributed by atoms with E-state index in [-0.39, 0.29) is 57.4 Å². The number of rotatable bonds is 8. The van der Waals surface area contributed by atoms with Crippen LogP contribution in [0, 0.1) is 0 Å². The second kappa shape index (κ2) is 9.88. The number of hydrogen-bond acceptors (Lipinski definition) is 6. The van der Waals surface area contributed by atoms with E-state index in [1.165, 1.54) is 55.5 Å². The number of aromatic nitrogens is 2. The van der Waals surface area contributed by atoms with E-state index in [0.717, 1.165) is 4.57 Å². The fourth-order valence-corrected chi connectivity index (χ4v) is 5.37. The molecular formula is C27H21F5N2O5S. The van der Waals surface area contributed by atoms with Gasteiger partial charge in [0.15, 0.2) is 21.3 Å². The Labute approximate surface area is 225 Å². The second-order valence-corrected chi connectivity index (χ2v) is 11.5. The first kappa shape index (κ1) is 27.6. The lowest BCUT2D eigenvalue weighted by atomic mass is 10.0. The van der Waals surface area contributed by atoms with Gasteiger partial charge >= 0.3 is 12.5 Å². The van der Waals surface area contributed by atoms with Crippen LogP contribution < -0.4 is 9.47 Å². The Balaban J connectivity index is 1.39. The molecule has 0 aliphatic carbocycles. The van der Waals surface area contributed by atoms with Crippen LogP contribution >= 0.6 is 0 Å². The summed E-state index contributed by atoms with van der Waals surface area (Å²) in [6, 6.07) is 14.2. The third-order valence-electron chi connectivity index (χ3n) is 6.37. The van der Waals surface area contributed by atoms with Crippen molar-refractivity contribution >= 4 is 26.7 Å². The molecule has 3 aromatic carbocycles. The quantitative estimate of drug-likeness (QED) is 0.253. The van der Waals surface area contributed by atoms with Gasteiger partial charge in [-0.3, -0.25) is 4.79 Å². The van der Waals surface area contributed by atoms with E-state index in [2.05, 4.69) is 14.5 Å². The molecule has 0 amide bonds. The summed E-state index contributed by atoms with van der Waals surface area (Å²) in [7, 11) is -3.37. The van der Waals surface area contributed by atoms with Crippen molar-refractivity contribution in [2.45, 2.75) is 43.7 Å². The third-order valence-corrected chi connectivity index (χ3v) is 8.12. The average Bonchev–Trinajstić information content (AvgIpc) is 3.40. The van der Waals surface area contributed by atoms with Crippen LogP contribution in [0.1, 0.15) is 29.4 Å². The fraction of sp³-hybridized carbons (Fsp3) is 0.259. The van der Waals surface area contributed by atoms with Crippen LogP contribution in [0.5, 0.6) is 11.5 Å². The SMILES string of the molecule is CCS(=O)(=O)c1ccc(CC(=O)Cc2ccc3c(c2)nc(C(F)(F)F)n3Cc2cccc3c2OC(F)(F)O3)cc1. The zero-order valence-corrected chi connectivity index (χ0v) is 21.7. The van der Waals surface area contributed by atoms with Crippen LogP contribution in [0.15, 0.2) is 65.6 Å². The Kier molecular flexibility index (Phi) is 6.81. The molecule has 0 fully saturated rings. The molecule has 0 N–H and O–H groups in total. The number of nitrogens with zero attached hydrogens (tertiary/aromatic N) is 2. The number of alkyl halides is 5. The molecule has 5 rings (SSSR count). The van der Waals surface area contributed by atoms with Gasteiger partial charge in [-0.15, -0.1) is 8.78 Å². The van der Waals surface area contributed by atoms with Crippen molar-refractivity contribution in [3.8, 4) is 11.5 Å². The number of ketones is 1. The van der Waals surface area contributed by atoms with Gasteiger partial charge in [-0.2, -0.15) is 13.2 Å². The molecule has 1 aliphatic rings. The zero-order chi connectivity index (χ0) is 28.9. The van der Waals surface area contributed by atoms with Gasteiger partial charge in [0.05, 0.1) is 28.2 Å². The molecular weight excluding hydrogens is 559 g/mol. The molecule has 210 valence electrons. The topological polar surface area (TPSA) is 87.5 Å². The summed E-state index contributed by atoms with van der Waals surface area (Å²) in [5, 5.41) is 0. The first-order chi connectivity index (χ1) is 18.8. The Morgan fingerprint density at radius 1 is 0.975 bits per heavy atom. The van der Waals surface area contributed by atoms with Gasteiger partial charge in [0.2, 0.25) is 5.82 Å². The van der Waals surface area contributed by atoms with Gasteiger partial charge < -0.3 is 14.0 Å². The number of hydrogen-bond donors (Lipinski definition) is 0. The lowest BCUT2D eigenvalue weighted by Crippen LogP contribution is -2.26. The zero-order valence-electron chi connectivity index (χ0n) is 20.8. The molecule has 1 aliphatic heterocycles. The molecule has 0 atom stereocenters. The Morgan fingerprint density at radius 3 is 2.33 bits per heavy atom. The Hall–Kier alpha value is -4.00. The van der Waals surface area contributed by atoms with Gasteiger partial charge in [0.1, 0.15) is 5.78 Å². The summed E-state index contributed by atoms with van der Waals surface area (Å²) in [4.78, 5) is 16.6. The molecule has 4 aromatic rings. The summed E-state index contributed by atoms with van der Waals surface area (Å²) in [6.45, 7) is 1.05. The van der Waals surface area contributed by atoms with E-state index < -0.39 is 34.7 Å². The number of imidazole rings is 1. The molecule has 1 aromatic heterocycles. The van der Waals surface area contributed by atoms with Crippen LogP contribution in [-0.2, 0) is 40.2 Å². The maximum absolute atomic E-state index is 13.9. The van der Waals surface area contributed by atoms with Crippen molar-refractivity contribution in [3.05, 3.63) is 83.2 Å². The van der Waals surface area contributed by atoms with Crippen molar-refractivity contribution in [2.24, 2.45) is 0 Å². The summed E-state index contributed by atoms with van der Waals surface area (Å²) in [5.74, 6) is -2.17. The highest BCUT2D eigenvalue weighted by molar-refractivity contribution is 7.91. The van der Waals surface area contributed by atoms with Gasteiger partial charge in [-0.05, 0) is 41.5 Å². The van der Waals surface area contributed by atoms with E-state index in [9.17, 15) is 35.2 Å². The summed E-state index contributed by atoms with van der Waals surface area (Å²) in [5.41, 5.74) is 1.12. The van der Waals surface area contributed by atoms with Crippen LogP contribution in [0.3, 0.4) is 0 Å². The molecule has 0 radical (unpaired) electrons. The highest BCUT2D eigenvalue weighted by Crippen LogP contribution is 2.44. The van der Waals surface area contributed by atoms with Gasteiger partial charge in [0.25, 0.3) is 0 Å². The molecule has 7 nitrogen and oxygen atoms in total. The second-order valence-electron chi connectivity index (χ2n) is 9.19. The van der Waals surface area contributed by atoms with Gasteiger partial charge in [-0.1, -0.05) is 37.3 Å². The summed E-state index contributed by atoms with van der Waals surface area (Å²) >= 11 is 0. The first-order valence-electron chi connectivity index (χ1n) is 12.0. The predicted octanol–water partition coefficient (Wildman–Crippen LogP) is 5.57. The number of para-hydroxylation sites is 1. The van der Waals surface area contributed by atoms with Crippen molar-refractivity contribution in [3.63, 3.8) is 0 Å². The van der Waals surface area contributed by atoms with Crippen LogP contribution in [0.25, 0.3) is 11.0 Å². The van der Waals surface area contributed by atoms with Crippen LogP contribution in [0.4, 0.5) is 22.0 Å². The Bertz CT molecular complexity index is 1710. The number of sulfone groups is 1. The molecule has 0 unspecified atom stereocenters. The van der Waals surface area contributed by atoms with Gasteiger partial charge in [-0.25, -0.2) is 13.4 Å². The van der Waals surface area contributed by atoms with Crippen LogP contribution in [-0.4, -0.2) is 35.8 Å². The number of ether oxygens (including phenoxy) is 2. The number of benzene rings is 3. The molecule has 2 heterocycles. The molecule has 0 saturated carbocycles. The lowest BCUT2D eigenvalue weighted by Gasteiger charge is -2.13. The van der Waals surface area contributed by atoms with E-state index in [0.29, 0.717) is 11.1 Å². The Morgan fingerprint density at radius 2 is 1.65 bits per heavy atom. The molecule has 0 spiro atoms. The molecule has 0 bridgehead atoms. The smallest absolute Gasteiger partial charge is 0.395 e. The molecule has 0 saturated heterocycles. The summed E-state index contributed by atoms with van der Waals surface area (Å²) in [6.07, 6.45) is -8.88. The standard InChI is InChI=1S/C27H21F5N2O5S/c1-2-40(36,37)20-9-6-16(7-10-20)12-19(35)13-17-8-11-22-21(14-17)33-25(26(28,29)30)34(22)15-18-4-3-5-23-24(18)39-27(31,32)38-23/h3-11,14H,2,12-13,15H2,1H3. The fourth-order valence-electron chi connectivity index (χ4n) is 4.48. The minimum atomic E-state index is -4.86. The number of halogens is 5. The van der Waals surface area contributed by atoms with Crippen LogP contribution in [0.2, 0.25) is 0 Å². The maximum atomic E-state index is 13.9. The van der Waals surface area contributed by atoms with Gasteiger partial charge in [0, 0.05) is 18.4 Å². The molecule has 40 heavy (non-hydrogen) atoms. The minimum Gasteiger partial charge on any atom is -0.395 e. The highest BCUT2D eigenvalue weighted by Gasteiger charge is 2.45. The normalized spacial score (nSPS) is 14.6. The number of fused-ring (bicyclic) bond motifs is 2. The minimum absolute atomic E-state index is 0.00143. The van der Waals surface area contributed by atoms with E-state index in [1.54, 1.807) is 12.1 Å². The van der Waals surface area contributed by atoms with Crippen molar-refractivity contribution in [1.82, 2.24) is 9.55 Å². The number of carbonyl (C=O) groups excluding carboxylic acids is 1. The van der Waals surface area contributed by atoms with Crippen molar-refractivity contribution in [2.75, 3.05) is 5.75 Å². The highest BCUT2D eigenvalue weighted by atomic mass is 32.2. The largest absolute Gasteiger partial charge is 0.586 e. The molecule has 13 heteroatoms. The monoisotopic (exact) mass is 580 g/mol. The first-order valence-corrected chi connectivity index (χ1v) is 13.7. The maximum Gasteiger partial charge on any atom is 0.586 e. The average molecular weight is 581 g/mol. The van der Waals surface area contributed by atoms with Crippen molar-refractivity contribution in [1.29, 1.82) is 0 Å². The van der Waals surface area contributed by atoms with Crippen molar-refractivity contribution < 1.29 is 44.6 Å². The summed E-state index contributed by atoms with van der Waals surface area (Å²) < 4.78 is 103.